The molecular weight excluding hydrogens is 392 g/mol. The van der Waals surface area contributed by atoms with Gasteiger partial charge in [-0.25, -0.2) is 8.42 Å². The van der Waals surface area contributed by atoms with Crippen LogP contribution in [0.25, 0.3) is 5.57 Å². The van der Waals surface area contributed by atoms with E-state index >= 15 is 0 Å². The maximum atomic E-state index is 12.6. The van der Waals surface area contributed by atoms with Gasteiger partial charge in [0.05, 0.1) is 0 Å². The summed E-state index contributed by atoms with van der Waals surface area (Å²) < 4.78 is 28.2. The van der Waals surface area contributed by atoms with Crippen molar-refractivity contribution in [3.05, 3.63) is 58.1 Å². The molecule has 0 saturated carbocycles. The Balaban J connectivity index is 2.01. The molecule has 0 saturated heterocycles. The summed E-state index contributed by atoms with van der Waals surface area (Å²) in [5.74, 6) is -0.171. The number of nitrogens with one attached hydrogen (secondary N) is 2. The zero-order valence-electron chi connectivity index (χ0n) is 13.1. The third-order valence-electron chi connectivity index (χ3n) is 3.64. The van der Waals surface area contributed by atoms with Gasteiger partial charge in [-0.2, -0.15) is 0 Å². The fourth-order valence-electron chi connectivity index (χ4n) is 2.60. The van der Waals surface area contributed by atoms with Crippen LogP contribution in [0.1, 0.15) is 19.4 Å². The molecule has 0 bridgehead atoms. The molecule has 0 fully saturated rings. The Bertz CT molecular complexity index is 977. The molecule has 2 aromatic carbocycles. The van der Waals surface area contributed by atoms with Crippen LogP contribution in [0.4, 0.5) is 11.4 Å². The number of rotatable bonds is 3. The van der Waals surface area contributed by atoms with Crippen molar-refractivity contribution in [2.75, 3.05) is 10.0 Å². The molecule has 5 nitrogen and oxygen atoms in total. The third kappa shape index (κ3) is 2.97. The van der Waals surface area contributed by atoms with Gasteiger partial charge in [0, 0.05) is 27.0 Å². The van der Waals surface area contributed by atoms with E-state index in [2.05, 4.69) is 26.0 Å². The summed E-state index contributed by atoms with van der Waals surface area (Å²) in [6.45, 7) is 3.70. The van der Waals surface area contributed by atoms with E-state index in [1.54, 1.807) is 36.4 Å². The van der Waals surface area contributed by atoms with Crippen LogP contribution in [0.5, 0.6) is 0 Å². The lowest BCUT2D eigenvalue weighted by atomic mass is 10.0. The molecule has 0 unspecified atom stereocenters. The first-order chi connectivity index (χ1) is 11.3. The maximum absolute atomic E-state index is 12.6. The summed E-state index contributed by atoms with van der Waals surface area (Å²) >= 11 is 3.25. The summed E-state index contributed by atoms with van der Waals surface area (Å²) in [6, 6.07) is 11.6. The van der Waals surface area contributed by atoms with E-state index in [1.807, 2.05) is 13.8 Å². The van der Waals surface area contributed by atoms with E-state index in [4.69, 9.17) is 0 Å². The van der Waals surface area contributed by atoms with Crippen molar-refractivity contribution in [2.45, 2.75) is 18.7 Å². The second-order valence-electron chi connectivity index (χ2n) is 5.63. The second-order valence-corrected chi connectivity index (χ2v) is 8.13. The fraction of sp³-hybridized carbons (Fsp3) is 0.118. The number of allylic oxidation sites excluding steroid dienone is 1. The maximum Gasteiger partial charge on any atom is 0.263 e. The summed E-state index contributed by atoms with van der Waals surface area (Å²) in [5, 5.41) is 2.78. The molecule has 1 amide bonds. The molecule has 1 aliphatic heterocycles. The number of carbonyl (C=O) groups excluding carboxylic acids is 1. The van der Waals surface area contributed by atoms with Gasteiger partial charge < -0.3 is 5.32 Å². The molecule has 7 heteroatoms. The predicted octanol–water partition coefficient (Wildman–Crippen LogP) is 4.00. The molecule has 0 aliphatic carbocycles. The zero-order chi connectivity index (χ0) is 17.5. The molecule has 124 valence electrons. The van der Waals surface area contributed by atoms with Gasteiger partial charge in [-0.1, -0.05) is 17.7 Å². The molecule has 0 atom stereocenters. The lowest BCUT2D eigenvalue weighted by molar-refractivity contribution is -0.110. The Morgan fingerprint density at radius 1 is 1.12 bits per heavy atom. The van der Waals surface area contributed by atoms with E-state index in [-0.39, 0.29) is 10.8 Å². The SMILES string of the molecule is CC(C)=C1C(=O)Nc2ccc(NS(=O)(=O)c3ccccc3Br)cc21. The lowest BCUT2D eigenvalue weighted by Crippen LogP contribution is -2.13. The van der Waals surface area contributed by atoms with Crippen LogP contribution < -0.4 is 10.0 Å². The molecule has 2 N–H and O–H groups in total. The molecule has 24 heavy (non-hydrogen) atoms. The van der Waals surface area contributed by atoms with E-state index < -0.39 is 10.0 Å². The van der Waals surface area contributed by atoms with Crippen LogP contribution in [-0.2, 0) is 14.8 Å². The van der Waals surface area contributed by atoms with Gasteiger partial charge in [-0.05, 0) is 60.1 Å². The third-order valence-corrected chi connectivity index (χ3v) is 6.04. The van der Waals surface area contributed by atoms with Crippen LogP contribution in [-0.4, -0.2) is 14.3 Å². The Kier molecular flexibility index (Phi) is 4.23. The normalized spacial score (nSPS) is 13.5. The summed E-state index contributed by atoms with van der Waals surface area (Å²) in [4.78, 5) is 12.2. The van der Waals surface area contributed by atoms with Crippen LogP contribution >= 0.6 is 15.9 Å². The van der Waals surface area contributed by atoms with Crippen molar-refractivity contribution in [2.24, 2.45) is 0 Å². The van der Waals surface area contributed by atoms with Crippen molar-refractivity contribution < 1.29 is 13.2 Å². The minimum Gasteiger partial charge on any atom is -0.321 e. The molecule has 0 aromatic heterocycles. The van der Waals surface area contributed by atoms with E-state index in [1.165, 1.54) is 6.07 Å². The van der Waals surface area contributed by atoms with Crippen molar-refractivity contribution in [3.63, 3.8) is 0 Å². The predicted molar refractivity (Wildman–Crippen MR) is 98.3 cm³/mol. The molecule has 3 rings (SSSR count). The average Bonchev–Trinajstić information content (AvgIpc) is 2.82. The highest BCUT2D eigenvalue weighted by Crippen LogP contribution is 2.36. The van der Waals surface area contributed by atoms with Crippen LogP contribution in [0.3, 0.4) is 0 Å². The average molecular weight is 407 g/mol. The largest absolute Gasteiger partial charge is 0.321 e. The Morgan fingerprint density at radius 2 is 1.83 bits per heavy atom. The highest BCUT2D eigenvalue weighted by Gasteiger charge is 2.26. The first-order valence-electron chi connectivity index (χ1n) is 7.20. The molecule has 1 heterocycles. The molecular formula is C17H15BrN2O3S. The number of carbonyl (C=O) groups is 1. The molecule has 2 aromatic rings. The zero-order valence-corrected chi connectivity index (χ0v) is 15.5. The van der Waals surface area contributed by atoms with Gasteiger partial charge in [0.15, 0.2) is 0 Å². The van der Waals surface area contributed by atoms with E-state index in [9.17, 15) is 13.2 Å². The Labute approximate surface area is 149 Å². The number of hydrogen-bond acceptors (Lipinski definition) is 3. The van der Waals surface area contributed by atoms with Crippen molar-refractivity contribution in [1.82, 2.24) is 0 Å². The molecule has 1 aliphatic rings. The lowest BCUT2D eigenvalue weighted by Gasteiger charge is -2.11. The second kappa shape index (κ2) is 6.07. The summed E-state index contributed by atoms with van der Waals surface area (Å²) in [6.07, 6.45) is 0. The number of anilines is 2. The van der Waals surface area contributed by atoms with Crippen LogP contribution in [0, 0.1) is 0 Å². The van der Waals surface area contributed by atoms with Gasteiger partial charge in [0.25, 0.3) is 15.9 Å². The summed E-state index contributed by atoms with van der Waals surface area (Å²) in [7, 11) is -3.73. The van der Waals surface area contributed by atoms with Crippen molar-refractivity contribution >= 4 is 48.8 Å². The standard InChI is InChI=1S/C17H15BrN2O3S/c1-10(2)16-12-9-11(7-8-14(12)19-17(16)21)20-24(22,23)15-6-4-3-5-13(15)18/h3-9,20H,1-2H3,(H,19,21). The minimum atomic E-state index is -3.73. The number of hydrogen-bond donors (Lipinski definition) is 2. The van der Waals surface area contributed by atoms with Gasteiger partial charge in [0.2, 0.25) is 0 Å². The number of fused-ring (bicyclic) bond motifs is 1. The van der Waals surface area contributed by atoms with E-state index in [0.717, 1.165) is 5.57 Å². The first-order valence-corrected chi connectivity index (χ1v) is 9.48. The minimum absolute atomic E-state index is 0.155. The monoisotopic (exact) mass is 406 g/mol. The smallest absolute Gasteiger partial charge is 0.263 e. The van der Waals surface area contributed by atoms with Crippen molar-refractivity contribution in [3.8, 4) is 0 Å². The topological polar surface area (TPSA) is 75.3 Å². The van der Waals surface area contributed by atoms with Gasteiger partial charge >= 0.3 is 0 Å². The van der Waals surface area contributed by atoms with Crippen LogP contribution in [0.15, 0.2) is 57.4 Å². The van der Waals surface area contributed by atoms with Gasteiger partial charge in [-0.15, -0.1) is 0 Å². The van der Waals surface area contributed by atoms with Crippen molar-refractivity contribution in [1.29, 1.82) is 0 Å². The Hall–Kier alpha value is -2.12. The number of sulfonamides is 1. The summed E-state index contributed by atoms with van der Waals surface area (Å²) in [5.41, 5.74) is 3.23. The number of benzene rings is 2. The number of amides is 1. The molecule has 0 spiro atoms. The van der Waals surface area contributed by atoms with Crippen LogP contribution in [0.2, 0.25) is 0 Å². The number of halogens is 1. The highest BCUT2D eigenvalue weighted by atomic mass is 79.9. The highest BCUT2D eigenvalue weighted by molar-refractivity contribution is 9.10. The fourth-order valence-corrected chi connectivity index (χ4v) is 4.65. The van der Waals surface area contributed by atoms with E-state index in [0.29, 0.717) is 27.0 Å². The first kappa shape index (κ1) is 16.7. The molecule has 0 radical (unpaired) electrons. The van der Waals surface area contributed by atoms with Gasteiger partial charge in [0.1, 0.15) is 4.90 Å². The van der Waals surface area contributed by atoms with Gasteiger partial charge in [-0.3, -0.25) is 9.52 Å². The quantitative estimate of drug-likeness (QED) is 0.756. The Morgan fingerprint density at radius 3 is 2.50 bits per heavy atom.